The molecular formula is C26H20Cl2N2O5. The van der Waals surface area contributed by atoms with Crippen LogP contribution in [0.25, 0.3) is 16.7 Å². The highest BCUT2D eigenvalue weighted by Gasteiger charge is 2.47. The van der Waals surface area contributed by atoms with Gasteiger partial charge in [-0.05, 0) is 42.3 Å². The monoisotopic (exact) mass is 510 g/mol. The third-order valence-corrected chi connectivity index (χ3v) is 6.62. The molecule has 1 aliphatic rings. The van der Waals surface area contributed by atoms with E-state index in [2.05, 4.69) is 4.98 Å². The van der Waals surface area contributed by atoms with E-state index >= 15 is 0 Å². The number of nitrogens with zero attached hydrogens (tertiary/aromatic N) is 1. The molecule has 4 aromatic rings. The summed E-state index contributed by atoms with van der Waals surface area (Å²) >= 11 is 12.4. The quantitative estimate of drug-likeness (QED) is 0.196. The lowest BCUT2D eigenvalue weighted by molar-refractivity contribution is -0.140. The number of methoxy groups -OCH3 is 1. The summed E-state index contributed by atoms with van der Waals surface area (Å²) < 4.78 is 10.9. The molecule has 3 heterocycles. The van der Waals surface area contributed by atoms with E-state index in [0.29, 0.717) is 12.2 Å². The summed E-state index contributed by atoms with van der Waals surface area (Å²) in [5.74, 6) is -1.53. The van der Waals surface area contributed by atoms with Crippen molar-refractivity contribution >= 4 is 51.6 Å². The van der Waals surface area contributed by atoms with Crippen LogP contribution < -0.4 is 4.74 Å². The number of carbonyl (C=O) groups is 2. The highest BCUT2D eigenvalue weighted by Crippen LogP contribution is 2.43. The van der Waals surface area contributed by atoms with Gasteiger partial charge in [0.15, 0.2) is 0 Å². The Kier molecular flexibility index (Phi) is 6.05. The van der Waals surface area contributed by atoms with Crippen LogP contribution >= 0.6 is 23.2 Å². The number of ether oxygens (including phenoxy) is 1. The molecule has 1 fully saturated rings. The molecule has 0 saturated carbocycles. The van der Waals surface area contributed by atoms with Crippen LogP contribution in [0, 0.1) is 0 Å². The van der Waals surface area contributed by atoms with Crippen molar-refractivity contribution in [3.8, 4) is 5.75 Å². The Morgan fingerprint density at radius 1 is 1.17 bits per heavy atom. The number of benzene rings is 2. The van der Waals surface area contributed by atoms with E-state index < -0.39 is 23.5 Å². The summed E-state index contributed by atoms with van der Waals surface area (Å²) in [5.41, 5.74) is 1.97. The Labute approximate surface area is 210 Å². The number of hydrogen-bond acceptors (Lipinski definition) is 5. The molecule has 178 valence electrons. The van der Waals surface area contributed by atoms with Crippen LogP contribution in [0.5, 0.6) is 5.75 Å². The first-order valence-corrected chi connectivity index (χ1v) is 11.6. The summed E-state index contributed by atoms with van der Waals surface area (Å²) in [5, 5.41) is 12.7. The Hall–Kier alpha value is -3.68. The van der Waals surface area contributed by atoms with Crippen LogP contribution in [0.4, 0.5) is 0 Å². The van der Waals surface area contributed by atoms with E-state index in [4.69, 9.17) is 32.4 Å². The molecule has 1 unspecified atom stereocenters. The highest BCUT2D eigenvalue weighted by atomic mass is 35.5. The van der Waals surface area contributed by atoms with Crippen LogP contribution in [-0.2, 0) is 16.0 Å². The summed E-state index contributed by atoms with van der Waals surface area (Å²) in [7, 11) is 1.38. The molecule has 0 bridgehead atoms. The fraction of sp³-hybridized carbons (Fsp3) is 0.154. The molecule has 0 spiro atoms. The van der Waals surface area contributed by atoms with Gasteiger partial charge in [-0.1, -0.05) is 41.4 Å². The van der Waals surface area contributed by atoms with Crippen molar-refractivity contribution < 1.29 is 23.8 Å². The minimum absolute atomic E-state index is 0.108. The summed E-state index contributed by atoms with van der Waals surface area (Å²) in [6.45, 7) is 0.224. The molecule has 0 radical (unpaired) electrons. The van der Waals surface area contributed by atoms with Gasteiger partial charge in [-0.15, -0.1) is 0 Å². The number of aromatic nitrogens is 1. The largest absolute Gasteiger partial charge is 0.507 e. The van der Waals surface area contributed by atoms with Gasteiger partial charge in [0.2, 0.25) is 0 Å². The molecule has 1 aliphatic heterocycles. The van der Waals surface area contributed by atoms with Gasteiger partial charge in [-0.25, -0.2) is 0 Å². The molecule has 2 N–H and O–H groups in total. The van der Waals surface area contributed by atoms with Crippen molar-refractivity contribution in [2.45, 2.75) is 12.5 Å². The van der Waals surface area contributed by atoms with Gasteiger partial charge in [0.25, 0.3) is 11.7 Å². The maximum Gasteiger partial charge on any atom is 0.295 e. The first-order valence-electron chi connectivity index (χ1n) is 10.8. The maximum atomic E-state index is 13.2. The predicted molar refractivity (Wildman–Crippen MR) is 133 cm³/mol. The van der Waals surface area contributed by atoms with Gasteiger partial charge in [0.1, 0.15) is 23.3 Å². The van der Waals surface area contributed by atoms with Crippen LogP contribution in [0.3, 0.4) is 0 Å². The molecule has 35 heavy (non-hydrogen) atoms. The van der Waals surface area contributed by atoms with E-state index in [0.717, 1.165) is 16.5 Å². The lowest BCUT2D eigenvalue weighted by atomic mass is 9.98. The van der Waals surface area contributed by atoms with Crippen molar-refractivity contribution in [3.05, 3.63) is 93.5 Å². The fourth-order valence-corrected chi connectivity index (χ4v) is 5.09. The number of halogens is 2. The van der Waals surface area contributed by atoms with E-state index in [1.54, 1.807) is 12.1 Å². The van der Waals surface area contributed by atoms with Crippen LogP contribution in [-0.4, -0.2) is 40.3 Å². The molecular weight excluding hydrogens is 491 g/mol. The van der Waals surface area contributed by atoms with Gasteiger partial charge in [0.05, 0.1) is 29.5 Å². The number of ketones is 1. The number of H-pyrrole nitrogens is 1. The third kappa shape index (κ3) is 3.96. The van der Waals surface area contributed by atoms with Crippen molar-refractivity contribution in [3.63, 3.8) is 0 Å². The number of likely N-dealkylation sites (tertiary alicyclic amines) is 1. The summed E-state index contributed by atoms with van der Waals surface area (Å²) in [6.07, 6.45) is 3.83. The number of para-hydroxylation sites is 1. The number of amides is 1. The smallest absolute Gasteiger partial charge is 0.295 e. The number of furan rings is 1. The number of Topliss-reactive ketones (excluding diaryl/α,β-unsaturated/α-hetero) is 1. The second kappa shape index (κ2) is 9.17. The molecule has 1 atom stereocenters. The Balaban J connectivity index is 1.59. The number of fused-ring (bicyclic) bond motifs is 1. The topological polar surface area (TPSA) is 95.8 Å². The van der Waals surface area contributed by atoms with Gasteiger partial charge in [-0.2, -0.15) is 0 Å². The Bertz CT molecular complexity index is 1470. The number of aliphatic hydroxyl groups excluding tert-OH is 1. The second-order valence-electron chi connectivity index (χ2n) is 8.09. The zero-order chi connectivity index (χ0) is 24.7. The summed E-state index contributed by atoms with van der Waals surface area (Å²) in [4.78, 5) is 31.0. The van der Waals surface area contributed by atoms with Crippen molar-refractivity contribution in [2.75, 3.05) is 13.7 Å². The van der Waals surface area contributed by atoms with Crippen LogP contribution in [0.2, 0.25) is 10.0 Å². The van der Waals surface area contributed by atoms with Gasteiger partial charge >= 0.3 is 0 Å². The number of carbonyl (C=O) groups excluding carboxylic acids is 2. The minimum atomic E-state index is -0.933. The van der Waals surface area contributed by atoms with Gasteiger partial charge in [0, 0.05) is 28.7 Å². The number of aromatic amines is 1. The molecule has 5 rings (SSSR count). The number of nitrogens with one attached hydrogen (secondary N) is 1. The lowest BCUT2D eigenvalue weighted by Crippen LogP contribution is -2.31. The Morgan fingerprint density at radius 3 is 2.71 bits per heavy atom. The predicted octanol–water partition coefficient (Wildman–Crippen LogP) is 5.74. The molecule has 2 aromatic carbocycles. The SMILES string of the molecule is COc1c(Cl)cc(Cl)cc1/C(O)=C1/C(=O)C(=O)N(CCc2c[nH]c3ccccc23)C1c1ccco1. The van der Waals surface area contributed by atoms with E-state index in [-0.39, 0.29) is 33.5 Å². The number of rotatable bonds is 6. The molecule has 9 heteroatoms. The third-order valence-electron chi connectivity index (χ3n) is 6.12. The van der Waals surface area contributed by atoms with Crippen LogP contribution in [0.1, 0.15) is 22.9 Å². The van der Waals surface area contributed by atoms with E-state index in [1.165, 1.54) is 30.4 Å². The summed E-state index contributed by atoms with van der Waals surface area (Å²) in [6, 6.07) is 13.1. The number of hydrogen-bond donors (Lipinski definition) is 2. The number of aliphatic hydroxyl groups is 1. The zero-order valence-corrected chi connectivity index (χ0v) is 20.1. The molecule has 0 aliphatic carbocycles. The maximum absolute atomic E-state index is 13.2. The van der Waals surface area contributed by atoms with Crippen molar-refractivity contribution in [2.24, 2.45) is 0 Å². The van der Waals surface area contributed by atoms with Gasteiger partial charge in [-0.3, -0.25) is 9.59 Å². The molecule has 2 aromatic heterocycles. The molecule has 7 nitrogen and oxygen atoms in total. The van der Waals surface area contributed by atoms with Gasteiger partial charge < -0.3 is 24.1 Å². The van der Waals surface area contributed by atoms with E-state index in [9.17, 15) is 14.7 Å². The standard InChI is InChI=1S/C26H20Cl2N2O5/c1-34-25-17(11-15(27)12-18(25)28)23(31)21-22(20-7-4-10-35-20)30(26(33)24(21)32)9-8-14-13-29-19-6-3-2-5-16(14)19/h2-7,10-13,22,29,31H,8-9H2,1H3/b23-21-. The normalized spacial score (nSPS) is 17.5. The highest BCUT2D eigenvalue weighted by molar-refractivity contribution is 6.46. The molecule has 1 saturated heterocycles. The second-order valence-corrected chi connectivity index (χ2v) is 8.93. The van der Waals surface area contributed by atoms with E-state index in [1.807, 2.05) is 30.5 Å². The fourth-order valence-electron chi connectivity index (χ4n) is 4.52. The minimum Gasteiger partial charge on any atom is -0.507 e. The van der Waals surface area contributed by atoms with Crippen molar-refractivity contribution in [1.29, 1.82) is 0 Å². The molecule has 1 amide bonds. The zero-order valence-electron chi connectivity index (χ0n) is 18.5. The van der Waals surface area contributed by atoms with Crippen molar-refractivity contribution in [1.82, 2.24) is 9.88 Å². The average Bonchev–Trinajstić information content (AvgIpc) is 3.57. The Morgan fingerprint density at radius 2 is 1.97 bits per heavy atom. The lowest BCUT2D eigenvalue weighted by Gasteiger charge is -2.23. The van der Waals surface area contributed by atoms with Crippen LogP contribution in [0.15, 0.2) is 71.0 Å². The average molecular weight is 511 g/mol. The first-order chi connectivity index (χ1) is 16.9. The first kappa shape index (κ1) is 23.1.